The number of ether oxygens (including phenoxy) is 1. The summed E-state index contributed by atoms with van der Waals surface area (Å²) in [6, 6.07) is 11.7. The van der Waals surface area contributed by atoms with E-state index < -0.39 is 6.23 Å². The van der Waals surface area contributed by atoms with Crippen LogP contribution in [0.25, 0.3) is 11.3 Å². The van der Waals surface area contributed by atoms with E-state index in [9.17, 15) is 5.11 Å². The smallest absolute Gasteiger partial charge is 0.247 e. The van der Waals surface area contributed by atoms with Crippen molar-refractivity contribution in [3.05, 3.63) is 49.1 Å². The van der Waals surface area contributed by atoms with Gasteiger partial charge in [-0.3, -0.25) is 0 Å². The molecule has 30 heavy (non-hydrogen) atoms. The zero-order valence-corrected chi connectivity index (χ0v) is 21.4. The van der Waals surface area contributed by atoms with Gasteiger partial charge in [-0.2, -0.15) is 4.98 Å². The maximum absolute atomic E-state index is 10.1. The van der Waals surface area contributed by atoms with E-state index >= 15 is 0 Å². The lowest BCUT2D eigenvalue weighted by atomic mass is 10.1. The van der Waals surface area contributed by atoms with Crippen LogP contribution in [-0.4, -0.2) is 26.0 Å². The average Bonchev–Trinajstić information content (AvgIpc) is 2.91. The Hall–Kier alpha value is -1.34. The summed E-state index contributed by atoms with van der Waals surface area (Å²) in [5, 5.41) is 23.0. The Morgan fingerprint density at radius 2 is 1.90 bits per heavy atom. The first-order valence-electron chi connectivity index (χ1n) is 9.65. The van der Waals surface area contributed by atoms with Crippen molar-refractivity contribution in [3.8, 4) is 22.9 Å². The predicted octanol–water partition coefficient (Wildman–Crippen LogP) is 6.24. The lowest BCUT2D eigenvalue weighted by molar-refractivity contribution is 0.225. The molecular formula is C21H20I2N4O2S. The molecule has 1 aromatic heterocycles. The Labute approximate surface area is 206 Å². The van der Waals surface area contributed by atoms with Crippen LogP contribution in [0.2, 0.25) is 0 Å². The maximum atomic E-state index is 10.1. The predicted molar refractivity (Wildman–Crippen MR) is 136 cm³/mol. The fraction of sp³-hybridized carbons (Fsp3) is 0.286. The number of unbranched alkanes of at least 4 members (excludes halogenated alkanes) is 2. The Balaban J connectivity index is 1.71. The third-order valence-electron chi connectivity index (χ3n) is 4.65. The molecule has 1 atom stereocenters. The maximum Gasteiger partial charge on any atom is 0.247 e. The lowest BCUT2D eigenvalue weighted by Gasteiger charge is -2.20. The molecule has 0 unspecified atom stereocenters. The van der Waals surface area contributed by atoms with Gasteiger partial charge in [0.25, 0.3) is 0 Å². The number of halogens is 2. The molecule has 1 aliphatic heterocycles. The van der Waals surface area contributed by atoms with Crippen LogP contribution >= 0.6 is 56.9 Å². The summed E-state index contributed by atoms with van der Waals surface area (Å²) in [4.78, 5) is 4.68. The lowest BCUT2D eigenvalue weighted by Crippen LogP contribution is -2.17. The van der Waals surface area contributed by atoms with Crippen LogP contribution in [0.5, 0.6) is 11.6 Å². The minimum atomic E-state index is -0.468. The van der Waals surface area contributed by atoms with E-state index in [1.807, 2.05) is 36.4 Å². The van der Waals surface area contributed by atoms with Crippen molar-refractivity contribution in [3.63, 3.8) is 0 Å². The van der Waals surface area contributed by atoms with Gasteiger partial charge in [0.1, 0.15) is 5.75 Å². The number of aromatic nitrogens is 3. The van der Waals surface area contributed by atoms with E-state index in [0.29, 0.717) is 16.7 Å². The van der Waals surface area contributed by atoms with Gasteiger partial charge in [0, 0.05) is 22.6 Å². The number of para-hydroxylation sites is 1. The van der Waals surface area contributed by atoms with Gasteiger partial charge < -0.3 is 15.2 Å². The van der Waals surface area contributed by atoms with Crippen molar-refractivity contribution in [2.75, 3.05) is 11.1 Å². The monoisotopic (exact) mass is 646 g/mol. The largest absolute Gasteiger partial charge is 0.506 e. The number of hydrogen-bond acceptors (Lipinski definition) is 7. The highest BCUT2D eigenvalue weighted by Crippen LogP contribution is 2.40. The first-order valence-corrected chi connectivity index (χ1v) is 12.8. The van der Waals surface area contributed by atoms with E-state index in [4.69, 9.17) is 4.74 Å². The normalized spacial score (nSPS) is 14.8. The van der Waals surface area contributed by atoms with Crippen molar-refractivity contribution in [2.24, 2.45) is 0 Å². The summed E-state index contributed by atoms with van der Waals surface area (Å²) >= 11 is 5.86. The number of fused-ring (bicyclic) bond motifs is 3. The third-order valence-corrected chi connectivity index (χ3v) is 7.22. The third kappa shape index (κ3) is 4.77. The standard InChI is InChI=1S/C21H20I2N4O2S/c1-2-3-6-9-30-21-25-20-17(26-27-21)13-7-4-5-8-16(13)24-19(29-20)12-10-14(22)18(28)15(23)11-12/h4-5,7-8,10-11,19,24,28H,2-3,6,9H2,1H3/t19-/m0/s1. The molecule has 1 aliphatic rings. The van der Waals surface area contributed by atoms with Crippen LogP contribution in [0.3, 0.4) is 0 Å². The van der Waals surface area contributed by atoms with Gasteiger partial charge in [-0.25, -0.2) is 0 Å². The summed E-state index contributed by atoms with van der Waals surface area (Å²) < 4.78 is 7.86. The molecule has 6 nitrogen and oxygen atoms in total. The Morgan fingerprint density at radius 3 is 2.67 bits per heavy atom. The summed E-state index contributed by atoms with van der Waals surface area (Å²) in [6.07, 6.45) is 3.03. The molecule has 9 heteroatoms. The highest BCUT2D eigenvalue weighted by atomic mass is 127. The van der Waals surface area contributed by atoms with Gasteiger partial charge in [0.05, 0.1) is 7.14 Å². The first kappa shape index (κ1) is 21.9. The van der Waals surface area contributed by atoms with Gasteiger partial charge in [-0.15, -0.1) is 10.2 Å². The summed E-state index contributed by atoms with van der Waals surface area (Å²) in [5.41, 5.74) is 3.33. The van der Waals surface area contributed by atoms with E-state index in [1.165, 1.54) is 12.8 Å². The van der Waals surface area contributed by atoms with Crippen molar-refractivity contribution in [2.45, 2.75) is 37.6 Å². The first-order chi connectivity index (χ1) is 14.6. The van der Waals surface area contributed by atoms with Crippen LogP contribution in [0.15, 0.2) is 41.6 Å². The van der Waals surface area contributed by atoms with Gasteiger partial charge in [-0.05, 0) is 69.8 Å². The summed E-state index contributed by atoms with van der Waals surface area (Å²) in [6.45, 7) is 2.19. The molecule has 0 aliphatic carbocycles. The zero-order chi connectivity index (χ0) is 21.1. The molecule has 0 saturated heterocycles. The second-order valence-electron chi connectivity index (χ2n) is 6.82. The fourth-order valence-corrected chi connectivity index (χ4v) is 5.70. The van der Waals surface area contributed by atoms with Crippen molar-refractivity contribution in [1.29, 1.82) is 0 Å². The molecule has 4 rings (SSSR count). The molecule has 0 bridgehead atoms. The summed E-state index contributed by atoms with van der Waals surface area (Å²) in [7, 11) is 0. The molecule has 156 valence electrons. The van der Waals surface area contributed by atoms with E-state index in [2.05, 4.69) is 72.6 Å². The minimum absolute atomic E-state index is 0.282. The van der Waals surface area contributed by atoms with Crippen molar-refractivity contribution >= 4 is 62.6 Å². The Kier molecular flexibility index (Phi) is 7.19. The van der Waals surface area contributed by atoms with Gasteiger partial charge in [0.2, 0.25) is 11.0 Å². The summed E-state index contributed by atoms with van der Waals surface area (Å²) in [5.74, 6) is 1.70. The molecule has 0 amide bonds. The number of phenolic OH excluding ortho intramolecular Hbond substituents is 1. The van der Waals surface area contributed by atoms with Crippen LogP contribution in [0.4, 0.5) is 5.69 Å². The van der Waals surface area contributed by atoms with E-state index in [0.717, 1.165) is 36.1 Å². The molecular weight excluding hydrogens is 626 g/mol. The zero-order valence-electron chi connectivity index (χ0n) is 16.2. The molecule has 2 N–H and O–H groups in total. The molecule has 0 saturated carbocycles. The second kappa shape index (κ2) is 9.86. The molecule has 0 radical (unpaired) electrons. The van der Waals surface area contributed by atoms with Crippen LogP contribution in [0.1, 0.15) is 38.0 Å². The number of phenols is 1. The number of anilines is 1. The van der Waals surface area contributed by atoms with Crippen LogP contribution < -0.4 is 10.1 Å². The molecule has 3 aromatic rings. The number of hydrogen-bond donors (Lipinski definition) is 2. The topological polar surface area (TPSA) is 80.2 Å². The Bertz CT molecular complexity index is 1040. The SMILES string of the molecule is CCCCCSc1nnc2c(n1)O[C@@H](c1cc(I)c(O)c(I)c1)Nc1ccccc1-2. The number of nitrogens with zero attached hydrogens (tertiary/aromatic N) is 3. The van der Waals surface area contributed by atoms with Gasteiger partial charge in [-0.1, -0.05) is 49.7 Å². The van der Waals surface area contributed by atoms with Crippen molar-refractivity contribution in [1.82, 2.24) is 15.2 Å². The minimum Gasteiger partial charge on any atom is -0.506 e. The molecule has 0 fully saturated rings. The van der Waals surface area contributed by atoms with Crippen molar-refractivity contribution < 1.29 is 9.84 Å². The van der Waals surface area contributed by atoms with E-state index in [-0.39, 0.29) is 5.75 Å². The average molecular weight is 646 g/mol. The number of rotatable bonds is 6. The quantitative estimate of drug-likeness (QED) is 0.187. The van der Waals surface area contributed by atoms with Crippen LogP contribution in [-0.2, 0) is 0 Å². The number of aromatic hydroxyl groups is 1. The molecule has 2 heterocycles. The van der Waals surface area contributed by atoms with Crippen LogP contribution in [0, 0.1) is 7.14 Å². The van der Waals surface area contributed by atoms with Gasteiger partial charge >= 0.3 is 0 Å². The highest BCUT2D eigenvalue weighted by Gasteiger charge is 2.27. The highest BCUT2D eigenvalue weighted by molar-refractivity contribution is 14.1. The number of nitrogens with one attached hydrogen (secondary N) is 1. The number of benzene rings is 2. The molecule has 0 spiro atoms. The Morgan fingerprint density at radius 1 is 1.13 bits per heavy atom. The number of thioether (sulfide) groups is 1. The van der Waals surface area contributed by atoms with E-state index in [1.54, 1.807) is 11.8 Å². The fourth-order valence-electron chi connectivity index (χ4n) is 3.11. The second-order valence-corrected chi connectivity index (χ2v) is 10.2. The molecule has 2 aromatic carbocycles. The van der Waals surface area contributed by atoms with Gasteiger partial charge in [0.15, 0.2) is 11.9 Å².